The van der Waals surface area contributed by atoms with Gasteiger partial charge in [-0.3, -0.25) is 9.29 Å². The largest absolute Gasteiger partial charge is 0.266 e. The molecule has 0 amide bonds. The van der Waals surface area contributed by atoms with Gasteiger partial charge in [0.15, 0.2) is 0 Å². The third kappa shape index (κ3) is 4.87. The van der Waals surface area contributed by atoms with Crippen LogP contribution in [0, 0.1) is 0 Å². The summed E-state index contributed by atoms with van der Waals surface area (Å²) in [6.45, 7) is 1.90. The second-order valence-corrected chi connectivity index (χ2v) is 8.80. The SMILES string of the molecule is CCS(=O)(=O)N(Cc1cccnc1)c1cccc(Cc2ccccc2Cl)c1. The maximum atomic E-state index is 12.7. The summed E-state index contributed by atoms with van der Waals surface area (Å²) in [6.07, 6.45) is 4.00. The van der Waals surface area contributed by atoms with Crippen molar-refractivity contribution in [3.63, 3.8) is 0 Å². The van der Waals surface area contributed by atoms with Crippen LogP contribution in [0.15, 0.2) is 73.1 Å². The maximum Gasteiger partial charge on any atom is 0.235 e. The highest BCUT2D eigenvalue weighted by Gasteiger charge is 2.21. The quantitative estimate of drug-likeness (QED) is 0.578. The predicted octanol–water partition coefficient (Wildman–Crippen LogP) is 4.68. The van der Waals surface area contributed by atoms with Crippen molar-refractivity contribution in [1.82, 2.24) is 4.98 Å². The van der Waals surface area contributed by atoms with Crippen LogP contribution < -0.4 is 4.31 Å². The van der Waals surface area contributed by atoms with Gasteiger partial charge in [0, 0.05) is 17.4 Å². The highest BCUT2D eigenvalue weighted by atomic mass is 35.5. The molecule has 6 heteroatoms. The fourth-order valence-electron chi connectivity index (χ4n) is 2.85. The number of anilines is 1. The third-order valence-corrected chi connectivity index (χ3v) is 6.41. The summed E-state index contributed by atoms with van der Waals surface area (Å²) >= 11 is 6.27. The molecule has 1 heterocycles. The molecule has 0 bridgehead atoms. The van der Waals surface area contributed by atoms with Crippen molar-refractivity contribution in [1.29, 1.82) is 0 Å². The van der Waals surface area contributed by atoms with Crippen molar-refractivity contribution in [2.45, 2.75) is 19.9 Å². The zero-order chi connectivity index (χ0) is 19.3. The van der Waals surface area contributed by atoms with Gasteiger partial charge in [-0.2, -0.15) is 0 Å². The highest BCUT2D eigenvalue weighted by Crippen LogP contribution is 2.25. The van der Waals surface area contributed by atoms with Crippen LogP contribution in [0.4, 0.5) is 5.69 Å². The van der Waals surface area contributed by atoms with Crippen LogP contribution in [0.3, 0.4) is 0 Å². The van der Waals surface area contributed by atoms with Crippen LogP contribution in [-0.2, 0) is 23.0 Å². The molecule has 0 aliphatic carbocycles. The zero-order valence-corrected chi connectivity index (χ0v) is 16.6. The van der Waals surface area contributed by atoms with Gasteiger partial charge in [-0.25, -0.2) is 8.42 Å². The molecule has 27 heavy (non-hydrogen) atoms. The lowest BCUT2D eigenvalue weighted by Gasteiger charge is -2.24. The van der Waals surface area contributed by atoms with Crippen molar-refractivity contribution in [2.75, 3.05) is 10.1 Å². The van der Waals surface area contributed by atoms with E-state index >= 15 is 0 Å². The lowest BCUT2D eigenvalue weighted by molar-refractivity contribution is 0.591. The van der Waals surface area contributed by atoms with E-state index in [0.717, 1.165) is 16.7 Å². The molecule has 0 aliphatic heterocycles. The number of sulfonamides is 1. The first kappa shape index (κ1) is 19.4. The van der Waals surface area contributed by atoms with Crippen molar-refractivity contribution >= 4 is 27.3 Å². The Labute approximate surface area is 165 Å². The zero-order valence-electron chi connectivity index (χ0n) is 15.0. The number of hydrogen-bond donors (Lipinski definition) is 0. The van der Waals surface area contributed by atoms with Gasteiger partial charge in [0.25, 0.3) is 0 Å². The fourth-order valence-corrected chi connectivity index (χ4v) is 4.14. The van der Waals surface area contributed by atoms with Crippen molar-refractivity contribution < 1.29 is 8.42 Å². The number of aromatic nitrogens is 1. The fraction of sp³-hybridized carbons (Fsp3) is 0.190. The number of nitrogens with zero attached hydrogens (tertiary/aromatic N) is 2. The summed E-state index contributed by atoms with van der Waals surface area (Å²) in [5.74, 6) is 0.0298. The molecule has 0 N–H and O–H groups in total. The van der Waals surface area contributed by atoms with Gasteiger partial charge in [0.2, 0.25) is 10.0 Å². The second kappa shape index (κ2) is 8.55. The van der Waals surface area contributed by atoms with Crippen molar-refractivity contribution in [2.24, 2.45) is 0 Å². The Kier molecular flexibility index (Phi) is 6.14. The van der Waals surface area contributed by atoms with Gasteiger partial charge in [-0.15, -0.1) is 0 Å². The monoisotopic (exact) mass is 400 g/mol. The number of rotatable bonds is 7. The molecule has 0 aliphatic rings. The molecule has 3 aromatic rings. The lowest BCUT2D eigenvalue weighted by atomic mass is 10.0. The Morgan fingerprint density at radius 3 is 2.48 bits per heavy atom. The van der Waals surface area contributed by atoms with E-state index in [1.54, 1.807) is 25.4 Å². The summed E-state index contributed by atoms with van der Waals surface area (Å²) in [7, 11) is -3.43. The molecule has 0 radical (unpaired) electrons. The molecule has 0 saturated heterocycles. The van der Waals surface area contributed by atoms with Crippen molar-refractivity contribution in [3.8, 4) is 0 Å². The maximum absolute atomic E-state index is 12.7. The first-order valence-electron chi connectivity index (χ1n) is 8.71. The molecule has 0 saturated carbocycles. The molecule has 2 aromatic carbocycles. The summed E-state index contributed by atoms with van der Waals surface area (Å²) in [4.78, 5) is 4.09. The summed E-state index contributed by atoms with van der Waals surface area (Å²) in [5, 5.41) is 0.705. The molecular formula is C21H21ClN2O2S. The smallest absolute Gasteiger partial charge is 0.235 e. The van der Waals surface area contributed by atoms with Crippen LogP contribution in [0.2, 0.25) is 5.02 Å². The van der Waals surface area contributed by atoms with Gasteiger partial charge < -0.3 is 0 Å². The molecule has 3 rings (SSSR count). The molecule has 0 unspecified atom stereocenters. The lowest BCUT2D eigenvalue weighted by Crippen LogP contribution is -2.32. The predicted molar refractivity (Wildman–Crippen MR) is 111 cm³/mol. The van der Waals surface area contributed by atoms with E-state index in [0.29, 0.717) is 17.1 Å². The average Bonchev–Trinajstić information content (AvgIpc) is 2.69. The van der Waals surface area contributed by atoms with E-state index in [2.05, 4.69) is 4.98 Å². The Hall–Kier alpha value is -2.37. The Balaban J connectivity index is 1.94. The first-order chi connectivity index (χ1) is 13.0. The minimum absolute atomic E-state index is 0.0298. The Bertz CT molecular complexity index is 1010. The van der Waals surface area contributed by atoms with Gasteiger partial charge in [0.1, 0.15) is 0 Å². The highest BCUT2D eigenvalue weighted by molar-refractivity contribution is 7.92. The van der Waals surface area contributed by atoms with Gasteiger partial charge in [-0.1, -0.05) is 48.0 Å². The number of hydrogen-bond acceptors (Lipinski definition) is 3. The first-order valence-corrected chi connectivity index (χ1v) is 10.7. The molecule has 0 spiro atoms. The minimum atomic E-state index is -3.43. The van der Waals surface area contributed by atoms with E-state index in [-0.39, 0.29) is 12.3 Å². The average molecular weight is 401 g/mol. The molecule has 0 atom stereocenters. The van der Waals surface area contributed by atoms with E-state index in [1.807, 2.05) is 54.6 Å². The van der Waals surface area contributed by atoms with E-state index in [4.69, 9.17) is 11.6 Å². The van der Waals surface area contributed by atoms with Crippen LogP contribution in [0.1, 0.15) is 23.6 Å². The Morgan fingerprint density at radius 1 is 1.00 bits per heavy atom. The van der Waals surface area contributed by atoms with Crippen LogP contribution in [0.5, 0.6) is 0 Å². The molecule has 0 fully saturated rings. The van der Waals surface area contributed by atoms with Crippen LogP contribution >= 0.6 is 11.6 Å². The van der Waals surface area contributed by atoms with Gasteiger partial charge in [-0.05, 0) is 54.3 Å². The van der Waals surface area contributed by atoms with Gasteiger partial charge >= 0.3 is 0 Å². The van der Waals surface area contributed by atoms with E-state index in [1.165, 1.54) is 4.31 Å². The molecule has 140 valence electrons. The number of benzene rings is 2. The summed E-state index contributed by atoms with van der Waals surface area (Å²) in [6, 6.07) is 18.9. The Morgan fingerprint density at radius 2 is 1.78 bits per heavy atom. The van der Waals surface area contributed by atoms with Crippen molar-refractivity contribution in [3.05, 3.63) is 94.8 Å². The number of halogens is 1. The molecule has 1 aromatic heterocycles. The summed E-state index contributed by atoms with van der Waals surface area (Å²) in [5.41, 5.74) is 3.49. The second-order valence-electron chi connectivity index (χ2n) is 6.21. The standard InChI is InChI=1S/C21H21ClN2O2S/c1-2-27(25,26)24(16-18-8-6-12-23-15-18)20-10-5-7-17(14-20)13-19-9-3-4-11-21(19)22/h3-12,14-15H,2,13,16H2,1H3. The van der Waals surface area contributed by atoms with Crippen LogP contribution in [-0.4, -0.2) is 19.2 Å². The van der Waals surface area contributed by atoms with E-state index < -0.39 is 10.0 Å². The van der Waals surface area contributed by atoms with Gasteiger partial charge in [0.05, 0.1) is 18.0 Å². The van der Waals surface area contributed by atoms with E-state index in [9.17, 15) is 8.42 Å². The molecular weight excluding hydrogens is 380 g/mol. The molecule has 4 nitrogen and oxygen atoms in total. The minimum Gasteiger partial charge on any atom is -0.266 e. The summed E-state index contributed by atoms with van der Waals surface area (Å²) < 4.78 is 26.9. The third-order valence-electron chi connectivity index (χ3n) is 4.30. The van der Waals surface area contributed by atoms with Crippen LogP contribution in [0.25, 0.3) is 0 Å². The normalized spacial score (nSPS) is 11.3. The number of pyridine rings is 1. The topological polar surface area (TPSA) is 50.3 Å².